The van der Waals surface area contributed by atoms with Crippen molar-refractivity contribution in [1.82, 2.24) is 9.80 Å². The number of anilines is 1. The normalized spacial score (nSPS) is 21.4. The Hall–Kier alpha value is -1.55. The summed E-state index contributed by atoms with van der Waals surface area (Å²) in [6.07, 6.45) is 2.15. The van der Waals surface area contributed by atoms with Crippen LogP contribution in [-0.2, 0) is 6.54 Å². The molecular weight excluding hydrogens is 226 g/mol. The van der Waals surface area contributed by atoms with Crippen LogP contribution in [0.2, 0.25) is 0 Å². The van der Waals surface area contributed by atoms with Crippen molar-refractivity contribution in [3.63, 3.8) is 0 Å². The van der Waals surface area contributed by atoms with Gasteiger partial charge in [-0.1, -0.05) is 0 Å². The smallest absolute Gasteiger partial charge is 0.254 e. The average molecular weight is 245 g/mol. The van der Waals surface area contributed by atoms with E-state index >= 15 is 0 Å². The molecule has 0 aromatic heterocycles. The number of carbonyl (C=O) groups is 1. The van der Waals surface area contributed by atoms with E-state index < -0.39 is 0 Å². The van der Waals surface area contributed by atoms with E-state index in [1.165, 1.54) is 0 Å². The van der Waals surface area contributed by atoms with E-state index in [1.807, 2.05) is 23.1 Å². The van der Waals surface area contributed by atoms with Gasteiger partial charge in [-0.15, -0.1) is 0 Å². The predicted octanol–water partition coefficient (Wildman–Crippen LogP) is 1.32. The molecule has 2 heterocycles. The van der Waals surface area contributed by atoms with E-state index in [2.05, 4.69) is 11.9 Å². The van der Waals surface area contributed by atoms with Crippen LogP contribution < -0.4 is 5.73 Å². The summed E-state index contributed by atoms with van der Waals surface area (Å²) in [4.78, 5) is 16.7. The van der Waals surface area contributed by atoms with Crippen molar-refractivity contribution in [2.45, 2.75) is 25.4 Å². The first-order valence-corrected chi connectivity index (χ1v) is 6.53. The molecule has 2 aliphatic heterocycles. The zero-order valence-electron chi connectivity index (χ0n) is 10.7. The standard InChI is InChI=1S/C14H19N3O/c1-16-6-4-12(5-7-16)17-9-10-8-11(15)2-3-13(10)14(17)18/h2-3,8,12H,4-7,9,15H2,1H3. The zero-order chi connectivity index (χ0) is 12.7. The molecule has 0 spiro atoms. The highest BCUT2D eigenvalue weighted by molar-refractivity contribution is 5.99. The topological polar surface area (TPSA) is 49.6 Å². The number of nitrogen functional groups attached to an aromatic ring is 1. The molecule has 1 aromatic carbocycles. The van der Waals surface area contributed by atoms with Gasteiger partial charge < -0.3 is 15.5 Å². The summed E-state index contributed by atoms with van der Waals surface area (Å²) in [6.45, 7) is 2.88. The molecule has 0 unspecified atom stereocenters. The lowest BCUT2D eigenvalue weighted by molar-refractivity contribution is 0.0617. The summed E-state index contributed by atoms with van der Waals surface area (Å²) in [7, 11) is 2.14. The molecule has 4 heteroatoms. The second kappa shape index (κ2) is 4.28. The van der Waals surface area contributed by atoms with Crippen molar-refractivity contribution in [1.29, 1.82) is 0 Å². The van der Waals surface area contributed by atoms with Crippen LogP contribution in [0.15, 0.2) is 18.2 Å². The molecule has 3 rings (SSSR count). The lowest BCUT2D eigenvalue weighted by atomic mass is 10.0. The predicted molar refractivity (Wildman–Crippen MR) is 71.2 cm³/mol. The second-order valence-corrected chi connectivity index (χ2v) is 5.38. The fraction of sp³-hybridized carbons (Fsp3) is 0.500. The highest BCUT2D eigenvalue weighted by atomic mass is 16.2. The van der Waals surface area contributed by atoms with Crippen molar-refractivity contribution in [3.8, 4) is 0 Å². The molecule has 0 radical (unpaired) electrons. The van der Waals surface area contributed by atoms with Crippen molar-refractivity contribution in [2.24, 2.45) is 0 Å². The number of benzene rings is 1. The number of hydrogen-bond donors (Lipinski definition) is 1. The minimum Gasteiger partial charge on any atom is -0.399 e. The molecule has 1 fully saturated rings. The van der Waals surface area contributed by atoms with Gasteiger partial charge in [-0.2, -0.15) is 0 Å². The molecule has 96 valence electrons. The van der Waals surface area contributed by atoms with Gasteiger partial charge in [-0.3, -0.25) is 4.79 Å². The van der Waals surface area contributed by atoms with Gasteiger partial charge in [0.2, 0.25) is 0 Å². The van der Waals surface area contributed by atoms with Gasteiger partial charge in [0.1, 0.15) is 0 Å². The van der Waals surface area contributed by atoms with E-state index in [-0.39, 0.29) is 5.91 Å². The number of hydrogen-bond acceptors (Lipinski definition) is 3. The summed E-state index contributed by atoms with van der Waals surface area (Å²) >= 11 is 0. The summed E-state index contributed by atoms with van der Waals surface area (Å²) in [5.41, 5.74) is 8.44. The summed E-state index contributed by atoms with van der Waals surface area (Å²) < 4.78 is 0. The number of likely N-dealkylation sites (tertiary alicyclic amines) is 1. The first-order valence-electron chi connectivity index (χ1n) is 6.53. The molecule has 0 bridgehead atoms. The molecule has 0 saturated carbocycles. The molecule has 1 aromatic rings. The van der Waals surface area contributed by atoms with Crippen LogP contribution in [0.4, 0.5) is 5.69 Å². The number of rotatable bonds is 1. The highest BCUT2D eigenvalue weighted by Crippen LogP contribution is 2.29. The molecule has 0 atom stereocenters. The van der Waals surface area contributed by atoms with Crippen LogP contribution >= 0.6 is 0 Å². The lowest BCUT2D eigenvalue weighted by Crippen LogP contribution is -2.43. The monoisotopic (exact) mass is 245 g/mol. The highest BCUT2D eigenvalue weighted by Gasteiger charge is 2.33. The van der Waals surface area contributed by atoms with E-state index in [0.29, 0.717) is 6.04 Å². The van der Waals surface area contributed by atoms with E-state index in [4.69, 9.17) is 5.73 Å². The number of amides is 1. The minimum absolute atomic E-state index is 0.180. The fourth-order valence-corrected chi connectivity index (χ4v) is 2.96. The number of fused-ring (bicyclic) bond motifs is 1. The van der Waals surface area contributed by atoms with Gasteiger partial charge in [0.05, 0.1) is 0 Å². The fourth-order valence-electron chi connectivity index (χ4n) is 2.96. The van der Waals surface area contributed by atoms with Crippen LogP contribution in [0.5, 0.6) is 0 Å². The summed E-state index contributed by atoms with van der Waals surface area (Å²) in [5, 5.41) is 0. The second-order valence-electron chi connectivity index (χ2n) is 5.38. The van der Waals surface area contributed by atoms with Gasteiger partial charge in [-0.25, -0.2) is 0 Å². The third-order valence-electron chi connectivity index (χ3n) is 4.09. The van der Waals surface area contributed by atoms with Gasteiger partial charge in [-0.05, 0) is 56.7 Å². The van der Waals surface area contributed by atoms with Gasteiger partial charge in [0.25, 0.3) is 5.91 Å². The Morgan fingerprint density at radius 3 is 2.72 bits per heavy atom. The Morgan fingerprint density at radius 1 is 1.28 bits per heavy atom. The third kappa shape index (κ3) is 1.86. The molecule has 1 amide bonds. The molecule has 0 aliphatic carbocycles. The van der Waals surface area contributed by atoms with Gasteiger partial charge >= 0.3 is 0 Å². The Kier molecular flexibility index (Phi) is 2.74. The van der Waals surface area contributed by atoms with E-state index in [0.717, 1.165) is 49.3 Å². The Morgan fingerprint density at radius 2 is 2.00 bits per heavy atom. The van der Waals surface area contributed by atoms with Gasteiger partial charge in [0, 0.05) is 23.8 Å². The van der Waals surface area contributed by atoms with Crippen molar-refractivity contribution < 1.29 is 4.79 Å². The number of carbonyl (C=O) groups excluding carboxylic acids is 1. The number of nitrogens with zero attached hydrogens (tertiary/aromatic N) is 2. The molecule has 2 aliphatic rings. The SMILES string of the molecule is CN1CCC(N2Cc3cc(N)ccc3C2=O)CC1. The first-order chi connectivity index (χ1) is 8.65. The van der Waals surface area contributed by atoms with Crippen LogP contribution in [0.3, 0.4) is 0 Å². The maximum Gasteiger partial charge on any atom is 0.254 e. The Bertz CT molecular complexity index is 478. The maximum absolute atomic E-state index is 12.4. The van der Waals surface area contributed by atoms with Crippen LogP contribution in [-0.4, -0.2) is 41.9 Å². The molecular formula is C14H19N3O. The first kappa shape index (κ1) is 11.5. The zero-order valence-corrected chi connectivity index (χ0v) is 10.7. The Balaban J connectivity index is 1.80. The molecule has 4 nitrogen and oxygen atoms in total. The van der Waals surface area contributed by atoms with Crippen LogP contribution in [0.25, 0.3) is 0 Å². The maximum atomic E-state index is 12.4. The van der Waals surface area contributed by atoms with Crippen molar-refractivity contribution in [2.75, 3.05) is 25.9 Å². The third-order valence-corrected chi connectivity index (χ3v) is 4.09. The van der Waals surface area contributed by atoms with Crippen molar-refractivity contribution >= 4 is 11.6 Å². The quantitative estimate of drug-likeness (QED) is 0.759. The number of nitrogens with two attached hydrogens (primary N) is 1. The molecule has 2 N–H and O–H groups in total. The summed E-state index contributed by atoms with van der Waals surface area (Å²) in [6, 6.07) is 6.00. The Labute approximate surface area is 107 Å². The minimum atomic E-state index is 0.180. The van der Waals surface area contributed by atoms with Crippen LogP contribution in [0, 0.1) is 0 Å². The van der Waals surface area contributed by atoms with Gasteiger partial charge in [0.15, 0.2) is 0 Å². The number of piperidine rings is 1. The average Bonchev–Trinajstić information content (AvgIpc) is 2.67. The molecule has 18 heavy (non-hydrogen) atoms. The van der Waals surface area contributed by atoms with E-state index in [9.17, 15) is 4.79 Å². The van der Waals surface area contributed by atoms with Crippen LogP contribution in [0.1, 0.15) is 28.8 Å². The largest absolute Gasteiger partial charge is 0.399 e. The summed E-state index contributed by atoms with van der Waals surface area (Å²) in [5.74, 6) is 0.180. The van der Waals surface area contributed by atoms with E-state index in [1.54, 1.807) is 0 Å². The van der Waals surface area contributed by atoms with Crippen molar-refractivity contribution in [3.05, 3.63) is 29.3 Å². The molecule has 1 saturated heterocycles. The lowest BCUT2D eigenvalue weighted by Gasteiger charge is -2.34.